The molecule has 4 heteroatoms. The third-order valence-corrected chi connectivity index (χ3v) is 3.43. The highest BCUT2D eigenvalue weighted by atomic mass is 19.1. The summed E-state index contributed by atoms with van der Waals surface area (Å²) in [5, 5.41) is 0. The summed E-state index contributed by atoms with van der Waals surface area (Å²) in [6.45, 7) is 6.50. The van der Waals surface area contributed by atoms with E-state index in [1.807, 2.05) is 0 Å². The summed E-state index contributed by atoms with van der Waals surface area (Å²) in [4.78, 5) is 13.8. The van der Waals surface area contributed by atoms with Crippen molar-refractivity contribution in [1.29, 1.82) is 0 Å². The third kappa shape index (κ3) is 4.31. The van der Waals surface area contributed by atoms with Gasteiger partial charge in [0.1, 0.15) is 5.82 Å². The summed E-state index contributed by atoms with van der Waals surface area (Å²) in [6.07, 6.45) is 0.744. The number of hydrogen-bond donors (Lipinski definition) is 1. The molecule has 0 aliphatic rings. The minimum Gasteiger partial charge on any atom is -0.342 e. The van der Waals surface area contributed by atoms with Crippen LogP contribution in [0.25, 0.3) is 0 Å². The third-order valence-electron chi connectivity index (χ3n) is 3.43. The molecule has 0 fully saturated rings. The zero-order chi connectivity index (χ0) is 14.6. The number of aryl methyl sites for hydroxylation is 1. The Kier molecular flexibility index (Phi) is 5.48. The highest BCUT2D eigenvalue weighted by Gasteiger charge is 2.16. The van der Waals surface area contributed by atoms with E-state index in [9.17, 15) is 9.18 Å². The zero-order valence-corrected chi connectivity index (χ0v) is 12.1. The van der Waals surface area contributed by atoms with Crippen LogP contribution in [0.3, 0.4) is 0 Å². The Hall–Kier alpha value is -1.42. The lowest BCUT2D eigenvalue weighted by Crippen LogP contribution is -2.34. The number of amides is 1. The Morgan fingerprint density at radius 2 is 2.05 bits per heavy atom. The lowest BCUT2D eigenvalue weighted by atomic mass is 10.0. The van der Waals surface area contributed by atoms with Gasteiger partial charge < -0.3 is 10.6 Å². The number of nitrogens with zero attached hydrogens (tertiary/aromatic N) is 1. The fourth-order valence-corrected chi connectivity index (χ4v) is 1.81. The van der Waals surface area contributed by atoms with Crippen molar-refractivity contribution in [2.45, 2.75) is 33.2 Å². The Balaban J connectivity index is 2.69. The lowest BCUT2D eigenvalue weighted by Gasteiger charge is -2.22. The molecule has 0 saturated heterocycles. The second-order valence-electron chi connectivity index (χ2n) is 5.38. The molecule has 1 atom stereocenters. The maximum absolute atomic E-state index is 13.2. The Bertz CT molecular complexity index is 446. The molecular formula is C15H23FN2O. The first-order valence-corrected chi connectivity index (χ1v) is 6.60. The van der Waals surface area contributed by atoms with E-state index < -0.39 is 0 Å². The molecule has 0 unspecified atom stereocenters. The lowest BCUT2D eigenvalue weighted by molar-refractivity contribution is 0.0788. The van der Waals surface area contributed by atoms with Crippen LogP contribution in [0.4, 0.5) is 4.39 Å². The molecule has 0 radical (unpaired) electrons. The van der Waals surface area contributed by atoms with Crippen LogP contribution in [-0.4, -0.2) is 30.4 Å². The molecule has 2 N–H and O–H groups in total. The van der Waals surface area contributed by atoms with Gasteiger partial charge in [-0.3, -0.25) is 4.79 Å². The maximum Gasteiger partial charge on any atom is 0.253 e. The van der Waals surface area contributed by atoms with Crippen molar-refractivity contribution in [1.82, 2.24) is 4.90 Å². The van der Waals surface area contributed by atoms with Crippen molar-refractivity contribution in [3.05, 3.63) is 35.1 Å². The Morgan fingerprint density at radius 1 is 1.42 bits per heavy atom. The fourth-order valence-electron chi connectivity index (χ4n) is 1.81. The van der Waals surface area contributed by atoms with Crippen molar-refractivity contribution in [3.8, 4) is 0 Å². The first kappa shape index (κ1) is 15.6. The van der Waals surface area contributed by atoms with E-state index in [1.54, 1.807) is 24.9 Å². The highest BCUT2D eigenvalue weighted by molar-refractivity contribution is 5.95. The van der Waals surface area contributed by atoms with E-state index in [0.29, 0.717) is 18.0 Å². The Morgan fingerprint density at radius 3 is 2.63 bits per heavy atom. The SMILES string of the molecule is Cc1ccc(F)cc1C(=O)N(C)CC[C@H](N)C(C)C. The topological polar surface area (TPSA) is 46.3 Å². The number of hydrogen-bond acceptors (Lipinski definition) is 2. The predicted molar refractivity (Wildman–Crippen MR) is 75.5 cm³/mol. The molecule has 0 aliphatic carbocycles. The van der Waals surface area contributed by atoms with Crippen LogP contribution in [0.1, 0.15) is 36.2 Å². The molecule has 1 amide bonds. The van der Waals surface area contributed by atoms with E-state index in [4.69, 9.17) is 5.73 Å². The van der Waals surface area contributed by atoms with Gasteiger partial charge in [-0.05, 0) is 37.0 Å². The first-order chi connectivity index (χ1) is 8.82. The smallest absolute Gasteiger partial charge is 0.253 e. The van der Waals surface area contributed by atoms with Crippen LogP contribution in [0.2, 0.25) is 0 Å². The van der Waals surface area contributed by atoms with Gasteiger partial charge in [-0.25, -0.2) is 4.39 Å². The molecule has 0 saturated carbocycles. The molecule has 0 aliphatic heterocycles. The minimum atomic E-state index is -0.388. The summed E-state index contributed by atoms with van der Waals surface area (Å²) < 4.78 is 13.2. The number of carbonyl (C=O) groups excluding carboxylic acids is 1. The van der Waals surface area contributed by atoms with Crippen molar-refractivity contribution in [3.63, 3.8) is 0 Å². The summed E-state index contributed by atoms with van der Waals surface area (Å²) >= 11 is 0. The quantitative estimate of drug-likeness (QED) is 0.890. The van der Waals surface area contributed by atoms with Gasteiger partial charge in [-0.15, -0.1) is 0 Å². The first-order valence-electron chi connectivity index (χ1n) is 6.60. The van der Waals surface area contributed by atoms with Crippen LogP contribution in [-0.2, 0) is 0 Å². The van der Waals surface area contributed by atoms with Crippen LogP contribution < -0.4 is 5.73 Å². The van der Waals surface area contributed by atoms with Crippen LogP contribution in [0, 0.1) is 18.7 Å². The molecule has 1 aromatic carbocycles. The van der Waals surface area contributed by atoms with Crippen molar-refractivity contribution in [2.24, 2.45) is 11.7 Å². The predicted octanol–water partition coefficient (Wildman–Crippen LogP) is 2.58. The zero-order valence-electron chi connectivity index (χ0n) is 12.1. The van der Waals surface area contributed by atoms with E-state index >= 15 is 0 Å². The molecule has 1 rings (SSSR count). The molecule has 1 aromatic rings. The second-order valence-corrected chi connectivity index (χ2v) is 5.38. The monoisotopic (exact) mass is 266 g/mol. The van der Waals surface area contributed by atoms with E-state index in [-0.39, 0.29) is 17.8 Å². The maximum atomic E-state index is 13.2. The number of benzene rings is 1. The average Bonchev–Trinajstić information content (AvgIpc) is 2.37. The second kappa shape index (κ2) is 6.66. The number of carbonyl (C=O) groups is 1. The van der Waals surface area contributed by atoms with Crippen LogP contribution in [0.5, 0.6) is 0 Å². The van der Waals surface area contributed by atoms with E-state index in [2.05, 4.69) is 13.8 Å². The average molecular weight is 266 g/mol. The summed E-state index contributed by atoms with van der Waals surface area (Å²) in [7, 11) is 1.72. The van der Waals surface area contributed by atoms with Crippen LogP contribution in [0.15, 0.2) is 18.2 Å². The summed E-state index contributed by atoms with van der Waals surface area (Å²) in [6, 6.07) is 4.34. The normalized spacial score (nSPS) is 12.6. The van der Waals surface area contributed by atoms with Crippen molar-refractivity contribution >= 4 is 5.91 Å². The molecule has 106 valence electrons. The van der Waals surface area contributed by atoms with E-state index in [1.165, 1.54) is 12.1 Å². The van der Waals surface area contributed by atoms with Gasteiger partial charge in [0.25, 0.3) is 5.91 Å². The molecule has 0 aromatic heterocycles. The summed E-state index contributed by atoms with van der Waals surface area (Å²) in [5.41, 5.74) is 7.16. The minimum absolute atomic E-state index is 0.0730. The van der Waals surface area contributed by atoms with Gasteiger partial charge in [0.2, 0.25) is 0 Å². The van der Waals surface area contributed by atoms with Gasteiger partial charge in [0.05, 0.1) is 0 Å². The molecule has 0 bridgehead atoms. The number of halogens is 1. The number of nitrogens with two attached hydrogens (primary N) is 1. The van der Waals surface area contributed by atoms with Gasteiger partial charge in [-0.1, -0.05) is 19.9 Å². The highest BCUT2D eigenvalue weighted by Crippen LogP contribution is 2.13. The number of rotatable bonds is 5. The van der Waals surface area contributed by atoms with Crippen molar-refractivity contribution in [2.75, 3.05) is 13.6 Å². The largest absolute Gasteiger partial charge is 0.342 e. The fraction of sp³-hybridized carbons (Fsp3) is 0.533. The van der Waals surface area contributed by atoms with Gasteiger partial charge in [0, 0.05) is 25.2 Å². The van der Waals surface area contributed by atoms with Gasteiger partial charge >= 0.3 is 0 Å². The summed E-state index contributed by atoms with van der Waals surface area (Å²) in [5.74, 6) is -0.159. The standard InChI is InChI=1S/C15H23FN2O/c1-10(2)14(17)7-8-18(4)15(19)13-9-12(16)6-5-11(13)3/h5-6,9-10,14H,7-8,17H2,1-4H3/t14-/m0/s1. The van der Waals surface area contributed by atoms with Gasteiger partial charge in [-0.2, -0.15) is 0 Å². The molecule has 3 nitrogen and oxygen atoms in total. The van der Waals surface area contributed by atoms with E-state index in [0.717, 1.165) is 12.0 Å². The van der Waals surface area contributed by atoms with Crippen LogP contribution >= 0.6 is 0 Å². The Labute approximate surface area is 114 Å². The molecule has 0 heterocycles. The molecular weight excluding hydrogens is 243 g/mol. The van der Waals surface area contributed by atoms with Crippen molar-refractivity contribution < 1.29 is 9.18 Å². The molecule has 0 spiro atoms. The molecule has 19 heavy (non-hydrogen) atoms. The van der Waals surface area contributed by atoms with Gasteiger partial charge in [0.15, 0.2) is 0 Å².